The predicted molar refractivity (Wildman–Crippen MR) is 77.4 cm³/mol. The van der Waals surface area contributed by atoms with E-state index in [4.69, 9.17) is 11.6 Å². The highest BCUT2D eigenvalue weighted by atomic mass is 35.5. The number of rotatable bonds is 3. The number of halogens is 1. The maximum absolute atomic E-state index is 12.1. The lowest BCUT2D eigenvalue weighted by Gasteiger charge is -2.05. The number of anilines is 1. The topological polar surface area (TPSA) is 29.1 Å². The summed E-state index contributed by atoms with van der Waals surface area (Å²) in [5.74, 6) is 0.383. The van der Waals surface area contributed by atoms with Gasteiger partial charge in [-0.1, -0.05) is 48.0 Å². The number of carbonyl (C=O) groups excluding carboxylic acids is 1. The summed E-state index contributed by atoms with van der Waals surface area (Å²) in [6, 6.07) is 17.3. The van der Waals surface area contributed by atoms with Crippen LogP contribution in [0.2, 0.25) is 5.02 Å². The van der Waals surface area contributed by atoms with Crippen LogP contribution in [0, 0.1) is 5.92 Å². The van der Waals surface area contributed by atoms with E-state index in [-0.39, 0.29) is 17.7 Å². The third-order valence-electron chi connectivity index (χ3n) is 3.47. The van der Waals surface area contributed by atoms with Gasteiger partial charge in [-0.25, -0.2) is 0 Å². The fraction of sp³-hybridized carbons (Fsp3) is 0.188. The van der Waals surface area contributed by atoms with Crippen LogP contribution >= 0.6 is 11.6 Å². The van der Waals surface area contributed by atoms with Crippen LogP contribution in [0.25, 0.3) is 0 Å². The third kappa shape index (κ3) is 2.64. The molecular weight excluding hydrogens is 258 g/mol. The normalized spacial score (nSPS) is 20.9. The van der Waals surface area contributed by atoms with Crippen LogP contribution in [-0.2, 0) is 4.79 Å². The van der Waals surface area contributed by atoms with E-state index in [1.54, 1.807) is 0 Å². The van der Waals surface area contributed by atoms with Gasteiger partial charge in [0.2, 0.25) is 5.91 Å². The maximum Gasteiger partial charge on any atom is 0.228 e. The van der Waals surface area contributed by atoms with E-state index in [9.17, 15) is 4.79 Å². The van der Waals surface area contributed by atoms with Crippen LogP contribution in [0.15, 0.2) is 54.6 Å². The number of carbonyl (C=O) groups is 1. The number of hydrogen-bond donors (Lipinski definition) is 1. The number of para-hydroxylation sites is 1. The summed E-state index contributed by atoms with van der Waals surface area (Å²) in [6.07, 6.45) is 0.877. The molecule has 2 nitrogen and oxygen atoms in total. The van der Waals surface area contributed by atoms with Gasteiger partial charge in [0.15, 0.2) is 0 Å². The molecule has 2 unspecified atom stereocenters. The summed E-state index contributed by atoms with van der Waals surface area (Å²) in [4.78, 5) is 12.1. The molecule has 3 heteroatoms. The van der Waals surface area contributed by atoms with Crippen LogP contribution in [0.3, 0.4) is 0 Å². The van der Waals surface area contributed by atoms with E-state index in [0.29, 0.717) is 0 Å². The molecule has 1 aliphatic carbocycles. The molecule has 2 aromatic rings. The van der Waals surface area contributed by atoms with Gasteiger partial charge < -0.3 is 5.32 Å². The van der Waals surface area contributed by atoms with E-state index in [0.717, 1.165) is 22.7 Å². The van der Waals surface area contributed by atoms with E-state index in [1.165, 1.54) is 0 Å². The van der Waals surface area contributed by atoms with Crippen molar-refractivity contribution >= 4 is 23.2 Å². The van der Waals surface area contributed by atoms with Crippen LogP contribution < -0.4 is 5.32 Å². The Balaban J connectivity index is 1.67. The Morgan fingerprint density at radius 3 is 2.47 bits per heavy atom. The fourth-order valence-electron chi connectivity index (χ4n) is 2.36. The van der Waals surface area contributed by atoms with Crippen molar-refractivity contribution in [2.24, 2.45) is 5.92 Å². The molecule has 0 bridgehead atoms. The summed E-state index contributed by atoms with van der Waals surface area (Å²) in [7, 11) is 0. The molecule has 2 atom stereocenters. The zero-order chi connectivity index (χ0) is 13.2. The minimum atomic E-state index is 0.0418. The monoisotopic (exact) mass is 271 g/mol. The molecule has 3 rings (SSSR count). The summed E-state index contributed by atoms with van der Waals surface area (Å²) in [5.41, 5.74) is 1.93. The summed E-state index contributed by atoms with van der Waals surface area (Å²) < 4.78 is 0. The Bertz CT molecular complexity index is 597. The Labute approximate surface area is 117 Å². The molecule has 0 saturated heterocycles. The Kier molecular flexibility index (Phi) is 3.26. The van der Waals surface area contributed by atoms with Crippen molar-refractivity contribution in [2.75, 3.05) is 5.32 Å². The van der Waals surface area contributed by atoms with E-state index in [2.05, 4.69) is 5.32 Å². The maximum atomic E-state index is 12.1. The third-order valence-corrected chi connectivity index (χ3v) is 3.82. The predicted octanol–water partition coefficient (Wildman–Crippen LogP) is 4.08. The average molecular weight is 272 g/mol. The van der Waals surface area contributed by atoms with Gasteiger partial charge in [0, 0.05) is 16.6 Å². The molecule has 0 aliphatic heterocycles. The quantitative estimate of drug-likeness (QED) is 0.895. The summed E-state index contributed by atoms with van der Waals surface area (Å²) >= 11 is 6.16. The highest BCUT2D eigenvalue weighted by molar-refractivity contribution is 6.31. The van der Waals surface area contributed by atoms with Crippen LogP contribution in [-0.4, -0.2) is 5.91 Å². The number of hydrogen-bond acceptors (Lipinski definition) is 1. The summed E-state index contributed by atoms with van der Waals surface area (Å²) in [6.45, 7) is 0. The van der Waals surface area contributed by atoms with Crippen molar-refractivity contribution in [1.29, 1.82) is 0 Å². The van der Waals surface area contributed by atoms with Gasteiger partial charge in [-0.2, -0.15) is 0 Å². The van der Waals surface area contributed by atoms with E-state index < -0.39 is 0 Å². The second kappa shape index (κ2) is 5.06. The van der Waals surface area contributed by atoms with Crippen molar-refractivity contribution in [2.45, 2.75) is 12.3 Å². The molecule has 0 aromatic heterocycles. The first-order valence-electron chi connectivity index (χ1n) is 6.36. The summed E-state index contributed by atoms with van der Waals surface area (Å²) in [5, 5.41) is 3.69. The second-order valence-corrected chi connectivity index (χ2v) is 5.23. The molecule has 2 aromatic carbocycles. The van der Waals surface area contributed by atoms with Crippen molar-refractivity contribution in [3.05, 3.63) is 65.2 Å². The molecule has 1 fully saturated rings. The molecule has 0 heterocycles. The van der Waals surface area contributed by atoms with Gasteiger partial charge in [-0.05, 0) is 36.1 Å². The fourth-order valence-corrected chi connectivity index (χ4v) is 2.64. The first-order chi connectivity index (χ1) is 9.25. The molecule has 1 saturated carbocycles. The minimum absolute atomic E-state index is 0.0418. The largest absolute Gasteiger partial charge is 0.326 e. The van der Waals surface area contributed by atoms with Gasteiger partial charge >= 0.3 is 0 Å². The molecular formula is C16H14ClNO. The van der Waals surface area contributed by atoms with Crippen LogP contribution in [0.5, 0.6) is 0 Å². The lowest BCUT2D eigenvalue weighted by Crippen LogP contribution is -2.14. The van der Waals surface area contributed by atoms with Crippen molar-refractivity contribution in [3.8, 4) is 0 Å². The zero-order valence-corrected chi connectivity index (χ0v) is 11.1. The van der Waals surface area contributed by atoms with Crippen LogP contribution in [0.4, 0.5) is 5.69 Å². The van der Waals surface area contributed by atoms with Crippen molar-refractivity contribution in [3.63, 3.8) is 0 Å². The smallest absolute Gasteiger partial charge is 0.228 e. The second-order valence-electron chi connectivity index (χ2n) is 4.83. The molecule has 0 spiro atoms. The van der Waals surface area contributed by atoms with Crippen molar-refractivity contribution < 1.29 is 4.79 Å². The van der Waals surface area contributed by atoms with Gasteiger partial charge in [-0.15, -0.1) is 0 Å². The first-order valence-corrected chi connectivity index (χ1v) is 6.74. The number of amides is 1. The molecule has 1 N–H and O–H groups in total. The standard InChI is InChI=1S/C16H14ClNO/c17-15-9-5-4-8-12(15)13-10-14(13)16(19)18-11-6-2-1-3-7-11/h1-9,13-14H,10H2,(H,18,19). The Morgan fingerprint density at radius 1 is 1.05 bits per heavy atom. The average Bonchev–Trinajstić information content (AvgIpc) is 3.21. The highest BCUT2D eigenvalue weighted by Crippen LogP contribution is 2.49. The minimum Gasteiger partial charge on any atom is -0.326 e. The van der Waals surface area contributed by atoms with Crippen molar-refractivity contribution in [1.82, 2.24) is 0 Å². The number of nitrogens with one attached hydrogen (secondary N) is 1. The Hall–Kier alpha value is -1.80. The zero-order valence-electron chi connectivity index (χ0n) is 10.3. The molecule has 96 valence electrons. The molecule has 0 radical (unpaired) electrons. The van der Waals surface area contributed by atoms with Gasteiger partial charge in [0.05, 0.1) is 0 Å². The Morgan fingerprint density at radius 2 is 1.74 bits per heavy atom. The first kappa shape index (κ1) is 12.2. The van der Waals surface area contributed by atoms with E-state index >= 15 is 0 Å². The van der Waals surface area contributed by atoms with Gasteiger partial charge in [0.1, 0.15) is 0 Å². The highest BCUT2D eigenvalue weighted by Gasteiger charge is 2.44. The lowest BCUT2D eigenvalue weighted by atomic mass is 10.1. The van der Waals surface area contributed by atoms with Gasteiger partial charge in [0.25, 0.3) is 0 Å². The SMILES string of the molecule is O=C(Nc1ccccc1)C1CC1c1ccccc1Cl. The number of benzene rings is 2. The van der Waals surface area contributed by atoms with E-state index in [1.807, 2.05) is 54.6 Å². The molecule has 1 amide bonds. The van der Waals surface area contributed by atoms with Gasteiger partial charge in [-0.3, -0.25) is 4.79 Å². The molecule has 19 heavy (non-hydrogen) atoms. The van der Waals surface area contributed by atoms with Crippen LogP contribution in [0.1, 0.15) is 17.9 Å². The molecule has 1 aliphatic rings. The lowest BCUT2D eigenvalue weighted by molar-refractivity contribution is -0.117.